The molecule has 2 N–H and O–H groups in total. The summed E-state index contributed by atoms with van der Waals surface area (Å²) in [5.74, 6) is -1.41. The lowest BCUT2D eigenvalue weighted by Crippen LogP contribution is -2.52. The fraction of sp³-hybridized carbons (Fsp3) is 0.500. The number of carbonyl (C=O) groups is 3. The van der Waals surface area contributed by atoms with Crippen LogP contribution in [0, 0.1) is 0 Å². The summed E-state index contributed by atoms with van der Waals surface area (Å²) >= 11 is 0. The number of rotatable bonds is 9. The molecule has 24 heavy (non-hydrogen) atoms. The van der Waals surface area contributed by atoms with Crippen LogP contribution in [0.25, 0.3) is 0 Å². The average Bonchev–Trinajstić information content (AvgIpc) is 2.56. The molecule has 0 fully saturated rings. The number of nitrogens with zero attached hydrogens (tertiary/aromatic N) is 1. The van der Waals surface area contributed by atoms with Gasteiger partial charge in [0.25, 0.3) is 0 Å². The number of carboxylic acid groups (broad SMARTS) is 1. The first-order chi connectivity index (χ1) is 11.2. The fourth-order valence-corrected chi connectivity index (χ4v) is 2.38. The highest BCUT2D eigenvalue weighted by Crippen LogP contribution is 2.07. The van der Waals surface area contributed by atoms with Gasteiger partial charge < -0.3 is 10.0 Å². The first kappa shape index (κ1) is 19.8. The van der Waals surface area contributed by atoms with Gasteiger partial charge in [-0.25, -0.2) is 0 Å². The smallest absolute Gasteiger partial charge is 0.320 e. The van der Waals surface area contributed by atoms with E-state index in [1.807, 2.05) is 30.3 Å². The third-order valence-corrected chi connectivity index (χ3v) is 4.20. The van der Waals surface area contributed by atoms with Crippen molar-refractivity contribution in [3.8, 4) is 0 Å². The van der Waals surface area contributed by atoms with E-state index in [1.54, 1.807) is 20.9 Å². The third-order valence-electron chi connectivity index (χ3n) is 4.20. The number of ketones is 1. The van der Waals surface area contributed by atoms with Crippen LogP contribution in [0.4, 0.5) is 0 Å². The molecule has 1 aromatic carbocycles. The van der Waals surface area contributed by atoms with Gasteiger partial charge >= 0.3 is 5.97 Å². The van der Waals surface area contributed by atoms with Crippen LogP contribution in [-0.4, -0.2) is 52.8 Å². The molecule has 0 saturated heterocycles. The predicted molar refractivity (Wildman–Crippen MR) is 91.7 cm³/mol. The zero-order valence-electron chi connectivity index (χ0n) is 14.7. The number of amides is 1. The highest BCUT2D eigenvalue weighted by atomic mass is 16.4. The monoisotopic (exact) mass is 334 g/mol. The molecule has 0 aliphatic carbocycles. The molecular weight excluding hydrogens is 308 g/mol. The molecule has 0 saturated carbocycles. The Morgan fingerprint density at radius 2 is 1.75 bits per heavy atom. The quantitative estimate of drug-likeness (QED) is 0.714. The number of aryl methyl sites for hydroxylation is 1. The highest BCUT2D eigenvalue weighted by Gasteiger charge is 2.27. The summed E-state index contributed by atoms with van der Waals surface area (Å²) in [6.45, 7) is 4.69. The second kappa shape index (κ2) is 9.17. The maximum absolute atomic E-state index is 12.3. The summed E-state index contributed by atoms with van der Waals surface area (Å²) in [6.07, 6.45) is 0.981. The van der Waals surface area contributed by atoms with E-state index in [0.717, 1.165) is 5.56 Å². The van der Waals surface area contributed by atoms with Crippen LogP contribution in [0.1, 0.15) is 32.8 Å². The first-order valence-corrected chi connectivity index (χ1v) is 8.04. The zero-order valence-corrected chi connectivity index (χ0v) is 14.7. The van der Waals surface area contributed by atoms with Crippen LogP contribution in [0.3, 0.4) is 0 Å². The van der Waals surface area contributed by atoms with Crippen molar-refractivity contribution in [2.75, 3.05) is 7.05 Å². The Morgan fingerprint density at radius 3 is 2.25 bits per heavy atom. The predicted octanol–water partition coefficient (Wildman–Crippen LogP) is 1.49. The fourth-order valence-electron chi connectivity index (χ4n) is 2.38. The summed E-state index contributed by atoms with van der Waals surface area (Å²) in [7, 11) is 1.55. The Balaban J connectivity index is 2.65. The highest BCUT2D eigenvalue weighted by molar-refractivity contribution is 5.89. The van der Waals surface area contributed by atoms with Gasteiger partial charge in [0, 0.05) is 7.05 Å². The molecule has 0 aliphatic heterocycles. The zero-order chi connectivity index (χ0) is 18.3. The van der Waals surface area contributed by atoms with Crippen molar-refractivity contribution in [2.24, 2.45) is 0 Å². The largest absolute Gasteiger partial charge is 0.480 e. The lowest BCUT2D eigenvalue weighted by molar-refractivity contribution is -0.142. The van der Waals surface area contributed by atoms with E-state index in [4.69, 9.17) is 0 Å². The number of aliphatic carboxylic acids is 1. The van der Waals surface area contributed by atoms with Crippen LogP contribution in [0.2, 0.25) is 0 Å². The third kappa shape index (κ3) is 5.77. The molecule has 0 aromatic heterocycles. The van der Waals surface area contributed by atoms with Crippen molar-refractivity contribution < 1.29 is 19.5 Å². The molecule has 3 atom stereocenters. The van der Waals surface area contributed by atoms with Crippen molar-refractivity contribution >= 4 is 17.7 Å². The number of nitrogens with one attached hydrogen (secondary N) is 1. The molecule has 0 heterocycles. The molecule has 6 heteroatoms. The van der Waals surface area contributed by atoms with Gasteiger partial charge in [0.2, 0.25) is 5.91 Å². The number of hydrogen-bond donors (Lipinski definition) is 2. The molecule has 0 spiro atoms. The first-order valence-electron chi connectivity index (χ1n) is 8.04. The second-order valence-corrected chi connectivity index (χ2v) is 6.04. The molecule has 0 radical (unpaired) electrons. The minimum Gasteiger partial charge on any atom is -0.480 e. The number of likely N-dealkylation sites (N-methyl/N-ethyl adjacent to an activating group) is 1. The number of carbonyl (C=O) groups excluding carboxylic acids is 2. The van der Waals surface area contributed by atoms with E-state index in [1.165, 1.54) is 11.8 Å². The van der Waals surface area contributed by atoms with Crippen LogP contribution in [0.15, 0.2) is 30.3 Å². The van der Waals surface area contributed by atoms with Gasteiger partial charge in [0.05, 0.1) is 12.1 Å². The van der Waals surface area contributed by atoms with E-state index in [-0.39, 0.29) is 11.7 Å². The number of benzene rings is 1. The van der Waals surface area contributed by atoms with Crippen LogP contribution in [-0.2, 0) is 20.8 Å². The van der Waals surface area contributed by atoms with E-state index in [2.05, 4.69) is 5.32 Å². The molecule has 132 valence electrons. The van der Waals surface area contributed by atoms with Crippen molar-refractivity contribution in [1.82, 2.24) is 10.2 Å². The van der Waals surface area contributed by atoms with Gasteiger partial charge in [-0.1, -0.05) is 30.3 Å². The van der Waals surface area contributed by atoms with Crippen molar-refractivity contribution in [3.63, 3.8) is 0 Å². The van der Waals surface area contributed by atoms with Crippen molar-refractivity contribution in [3.05, 3.63) is 35.9 Å². The molecule has 3 unspecified atom stereocenters. The standard InChI is InChI=1S/C18H26N2O4/c1-12(17(22)20(4)13(2)14(3)21)19-16(18(23)24)11-10-15-8-6-5-7-9-15/h5-9,12-13,16,19H,10-11H2,1-4H3,(H,23,24). The van der Waals surface area contributed by atoms with E-state index in [0.29, 0.717) is 12.8 Å². The Hall–Kier alpha value is -2.21. The van der Waals surface area contributed by atoms with Gasteiger partial charge in [-0.3, -0.25) is 19.7 Å². The lowest BCUT2D eigenvalue weighted by atomic mass is 10.0. The Morgan fingerprint density at radius 1 is 1.17 bits per heavy atom. The van der Waals surface area contributed by atoms with Gasteiger partial charge in [0.15, 0.2) is 5.78 Å². The van der Waals surface area contributed by atoms with Crippen molar-refractivity contribution in [2.45, 2.75) is 51.7 Å². The minimum absolute atomic E-state index is 0.114. The summed E-state index contributed by atoms with van der Waals surface area (Å²) in [6, 6.07) is 7.55. The van der Waals surface area contributed by atoms with Crippen molar-refractivity contribution in [1.29, 1.82) is 0 Å². The molecule has 0 bridgehead atoms. The summed E-state index contributed by atoms with van der Waals surface area (Å²) < 4.78 is 0. The maximum atomic E-state index is 12.3. The van der Waals surface area contributed by atoms with E-state index >= 15 is 0 Å². The van der Waals surface area contributed by atoms with Crippen LogP contribution in [0.5, 0.6) is 0 Å². The summed E-state index contributed by atoms with van der Waals surface area (Å²) in [5.41, 5.74) is 1.05. The van der Waals surface area contributed by atoms with Gasteiger partial charge in [-0.2, -0.15) is 0 Å². The Bertz CT molecular complexity index is 574. The topological polar surface area (TPSA) is 86.7 Å². The van der Waals surface area contributed by atoms with Gasteiger partial charge in [-0.15, -0.1) is 0 Å². The van der Waals surface area contributed by atoms with Crippen LogP contribution < -0.4 is 5.32 Å². The van der Waals surface area contributed by atoms with Gasteiger partial charge in [0.1, 0.15) is 6.04 Å². The maximum Gasteiger partial charge on any atom is 0.320 e. The normalized spacial score (nSPS) is 14.5. The Kier molecular flexibility index (Phi) is 7.58. The second-order valence-electron chi connectivity index (χ2n) is 6.04. The van der Waals surface area contributed by atoms with E-state index < -0.39 is 24.1 Å². The number of Topliss-reactive ketones (excluding diaryl/α,β-unsaturated/α-hetero) is 1. The van der Waals surface area contributed by atoms with Gasteiger partial charge in [-0.05, 0) is 39.2 Å². The number of hydrogen-bond acceptors (Lipinski definition) is 4. The number of carboxylic acids is 1. The Labute approximate surface area is 142 Å². The molecule has 6 nitrogen and oxygen atoms in total. The summed E-state index contributed by atoms with van der Waals surface area (Å²) in [4.78, 5) is 36.5. The molecule has 1 rings (SSSR count). The SMILES string of the molecule is CC(=O)C(C)N(C)C(=O)C(C)NC(CCc1ccccc1)C(=O)O. The minimum atomic E-state index is -0.993. The lowest BCUT2D eigenvalue weighted by Gasteiger charge is -2.28. The van der Waals surface area contributed by atoms with E-state index in [9.17, 15) is 19.5 Å². The van der Waals surface area contributed by atoms with Crippen LogP contribution >= 0.6 is 0 Å². The summed E-state index contributed by atoms with van der Waals surface area (Å²) in [5, 5.41) is 12.2. The average molecular weight is 334 g/mol. The molecular formula is C18H26N2O4. The molecule has 1 aromatic rings. The molecule has 0 aliphatic rings. The molecule has 1 amide bonds.